The van der Waals surface area contributed by atoms with Crippen molar-refractivity contribution in [3.63, 3.8) is 0 Å². The molecule has 0 bridgehead atoms. The number of rotatable bonds is 4. The first-order valence-electron chi connectivity index (χ1n) is 6.61. The summed E-state index contributed by atoms with van der Waals surface area (Å²) in [5.74, 6) is 0.263. The molecular weight excluding hydrogens is 240 g/mol. The van der Waals surface area contributed by atoms with Gasteiger partial charge in [-0.1, -0.05) is 12.8 Å². The minimum Gasteiger partial charge on any atom is -0.346 e. The lowest BCUT2D eigenvalue weighted by Crippen LogP contribution is -2.44. The van der Waals surface area contributed by atoms with Crippen LogP contribution < -0.4 is 11.1 Å². The Kier molecular flexibility index (Phi) is 4.48. The Morgan fingerprint density at radius 1 is 1.53 bits per heavy atom. The van der Waals surface area contributed by atoms with Gasteiger partial charge in [-0.05, 0) is 30.9 Å². The van der Waals surface area contributed by atoms with Crippen LogP contribution >= 0.6 is 0 Å². The molecule has 0 saturated heterocycles. The van der Waals surface area contributed by atoms with Gasteiger partial charge >= 0.3 is 0 Å². The van der Waals surface area contributed by atoms with Crippen LogP contribution in [0.5, 0.6) is 0 Å². The molecule has 1 aliphatic rings. The van der Waals surface area contributed by atoms with Crippen molar-refractivity contribution < 1.29 is 4.79 Å². The standard InChI is InChI=1S/C14H18N4O/c15-7-10-5-6-12(17-9-10)14(19)18-13(8-16)11-3-1-2-4-11/h5-6,9,11,13H,1-4,8,16H2,(H,18,19). The van der Waals surface area contributed by atoms with Gasteiger partial charge in [-0.2, -0.15) is 5.26 Å². The number of amides is 1. The summed E-state index contributed by atoms with van der Waals surface area (Å²) in [6.45, 7) is 0.451. The summed E-state index contributed by atoms with van der Waals surface area (Å²) in [6.07, 6.45) is 6.09. The normalized spacial score (nSPS) is 16.8. The quantitative estimate of drug-likeness (QED) is 0.848. The molecule has 0 spiro atoms. The second-order valence-corrected chi connectivity index (χ2v) is 4.90. The van der Waals surface area contributed by atoms with E-state index in [1.54, 1.807) is 12.1 Å². The Labute approximate surface area is 112 Å². The Bertz CT molecular complexity index is 471. The fourth-order valence-electron chi connectivity index (χ4n) is 2.57. The van der Waals surface area contributed by atoms with Crippen LogP contribution in [0.25, 0.3) is 0 Å². The van der Waals surface area contributed by atoms with Crippen LogP contribution in [0.4, 0.5) is 0 Å². The number of hydrogen-bond acceptors (Lipinski definition) is 4. The predicted molar refractivity (Wildman–Crippen MR) is 71.2 cm³/mol. The van der Waals surface area contributed by atoms with Crippen LogP contribution in [-0.2, 0) is 0 Å². The van der Waals surface area contributed by atoms with E-state index in [4.69, 9.17) is 11.0 Å². The van der Waals surface area contributed by atoms with Crippen LogP contribution in [0.3, 0.4) is 0 Å². The number of nitrogens with one attached hydrogen (secondary N) is 1. The number of hydrogen-bond donors (Lipinski definition) is 2. The van der Waals surface area contributed by atoms with Crippen LogP contribution in [0.2, 0.25) is 0 Å². The van der Waals surface area contributed by atoms with Crippen molar-refractivity contribution in [2.75, 3.05) is 6.54 Å². The first kappa shape index (κ1) is 13.5. The zero-order chi connectivity index (χ0) is 13.7. The molecule has 1 amide bonds. The zero-order valence-corrected chi connectivity index (χ0v) is 10.8. The topological polar surface area (TPSA) is 91.8 Å². The molecule has 0 aromatic carbocycles. The Hall–Kier alpha value is -1.93. The SMILES string of the molecule is N#Cc1ccc(C(=O)NC(CN)C2CCCC2)nc1. The highest BCUT2D eigenvalue weighted by Crippen LogP contribution is 2.27. The molecule has 0 aliphatic heterocycles. The average Bonchev–Trinajstić information content (AvgIpc) is 2.98. The second-order valence-electron chi connectivity index (χ2n) is 4.90. The summed E-state index contributed by atoms with van der Waals surface area (Å²) in [4.78, 5) is 16.0. The van der Waals surface area contributed by atoms with E-state index in [0.717, 1.165) is 12.8 Å². The molecule has 1 fully saturated rings. The van der Waals surface area contributed by atoms with Crippen LogP contribution in [0, 0.1) is 17.2 Å². The molecule has 0 radical (unpaired) electrons. The van der Waals surface area contributed by atoms with E-state index >= 15 is 0 Å². The number of pyridine rings is 1. The van der Waals surface area contributed by atoms with Crippen LogP contribution in [-0.4, -0.2) is 23.5 Å². The summed E-state index contributed by atoms with van der Waals surface area (Å²) in [5, 5.41) is 11.6. The Morgan fingerprint density at radius 3 is 2.79 bits per heavy atom. The summed E-state index contributed by atoms with van der Waals surface area (Å²) >= 11 is 0. The minimum absolute atomic E-state index is 0.0208. The third-order valence-corrected chi connectivity index (χ3v) is 3.66. The first-order chi connectivity index (χ1) is 9.24. The van der Waals surface area contributed by atoms with Crippen molar-refractivity contribution >= 4 is 5.91 Å². The maximum atomic E-state index is 12.1. The molecule has 5 nitrogen and oxygen atoms in total. The maximum absolute atomic E-state index is 12.1. The predicted octanol–water partition coefficient (Wildman–Crippen LogP) is 1.20. The molecule has 1 atom stereocenters. The lowest BCUT2D eigenvalue weighted by molar-refractivity contribution is 0.0919. The Balaban J connectivity index is 2.00. The molecule has 1 aromatic rings. The second kappa shape index (κ2) is 6.30. The van der Waals surface area contributed by atoms with Gasteiger partial charge in [0.15, 0.2) is 0 Å². The molecule has 19 heavy (non-hydrogen) atoms. The van der Waals surface area contributed by atoms with Gasteiger partial charge in [0.2, 0.25) is 0 Å². The van der Waals surface area contributed by atoms with E-state index in [1.807, 2.05) is 6.07 Å². The molecule has 1 heterocycles. The summed E-state index contributed by atoms with van der Waals surface area (Å²) in [5.41, 5.74) is 6.52. The summed E-state index contributed by atoms with van der Waals surface area (Å²) < 4.78 is 0. The van der Waals surface area contributed by atoms with Gasteiger partial charge in [0.05, 0.1) is 5.56 Å². The third kappa shape index (κ3) is 3.30. The average molecular weight is 258 g/mol. The van der Waals surface area contributed by atoms with Gasteiger partial charge in [-0.3, -0.25) is 4.79 Å². The van der Waals surface area contributed by atoms with Gasteiger partial charge in [0.1, 0.15) is 11.8 Å². The molecular formula is C14H18N4O. The monoisotopic (exact) mass is 258 g/mol. The van der Waals surface area contributed by atoms with E-state index in [9.17, 15) is 4.79 Å². The third-order valence-electron chi connectivity index (χ3n) is 3.66. The van der Waals surface area contributed by atoms with E-state index in [0.29, 0.717) is 23.7 Å². The first-order valence-corrected chi connectivity index (χ1v) is 6.61. The molecule has 2 rings (SSSR count). The summed E-state index contributed by atoms with van der Waals surface area (Å²) in [7, 11) is 0. The van der Waals surface area contributed by atoms with Gasteiger partial charge in [0.25, 0.3) is 5.91 Å². The molecule has 100 valence electrons. The van der Waals surface area contributed by atoms with Gasteiger partial charge < -0.3 is 11.1 Å². The number of nitrogens with two attached hydrogens (primary N) is 1. The van der Waals surface area contributed by atoms with E-state index in [2.05, 4.69) is 10.3 Å². The lowest BCUT2D eigenvalue weighted by atomic mass is 9.98. The van der Waals surface area contributed by atoms with Gasteiger partial charge in [0, 0.05) is 18.8 Å². The summed E-state index contributed by atoms with van der Waals surface area (Å²) in [6, 6.07) is 5.15. The van der Waals surface area contributed by atoms with Crippen molar-refractivity contribution in [1.82, 2.24) is 10.3 Å². The van der Waals surface area contributed by atoms with E-state index < -0.39 is 0 Å². The molecule has 1 aliphatic carbocycles. The molecule has 5 heteroatoms. The van der Waals surface area contributed by atoms with E-state index in [-0.39, 0.29) is 11.9 Å². The highest BCUT2D eigenvalue weighted by Gasteiger charge is 2.25. The van der Waals surface area contributed by atoms with Crippen molar-refractivity contribution in [1.29, 1.82) is 5.26 Å². The maximum Gasteiger partial charge on any atom is 0.270 e. The fraction of sp³-hybridized carbons (Fsp3) is 0.500. The van der Waals surface area contributed by atoms with Crippen molar-refractivity contribution in [2.24, 2.45) is 11.7 Å². The van der Waals surface area contributed by atoms with Crippen molar-refractivity contribution in [2.45, 2.75) is 31.7 Å². The molecule has 3 N–H and O–H groups in total. The van der Waals surface area contributed by atoms with Crippen molar-refractivity contribution in [3.05, 3.63) is 29.6 Å². The number of aromatic nitrogens is 1. The van der Waals surface area contributed by atoms with Gasteiger partial charge in [-0.25, -0.2) is 4.98 Å². The van der Waals surface area contributed by atoms with E-state index in [1.165, 1.54) is 19.0 Å². The highest BCUT2D eigenvalue weighted by atomic mass is 16.1. The Morgan fingerprint density at radius 2 is 2.26 bits per heavy atom. The van der Waals surface area contributed by atoms with Crippen LogP contribution in [0.15, 0.2) is 18.3 Å². The number of nitrogens with zero attached hydrogens (tertiary/aromatic N) is 2. The highest BCUT2D eigenvalue weighted by molar-refractivity contribution is 5.92. The lowest BCUT2D eigenvalue weighted by Gasteiger charge is -2.22. The largest absolute Gasteiger partial charge is 0.346 e. The van der Waals surface area contributed by atoms with Crippen LogP contribution in [0.1, 0.15) is 41.7 Å². The number of carbonyl (C=O) groups is 1. The smallest absolute Gasteiger partial charge is 0.270 e. The minimum atomic E-state index is -0.216. The number of nitriles is 1. The molecule has 1 saturated carbocycles. The molecule has 1 unspecified atom stereocenters. The zero-order valence-electron chi connectivity index (χ0n) is 10.8. The van der Waals surface area contributed by atoms with Crippen molar-refractivity contribution in [3.8, 4) is 6.07 Å². The number of carbonyl (C=O) groups excluding carboxylic acids is 1. The van der Waals surface area contributed by atoms with Gasteiger partial charge in [-0.15, -0.1) is 0 Å². The molecule has 1 aromatic heterocycles. The fourth-order valence-corrected chi connectivity index (χ4v) is 2.57.